The van der Waals surface area contributed by atoms with Crippen LogP contribution in [0.3, 0.4) is 0 Å². The number of carbonyl (C=O) groups is 1. The van der Waals surface area contributed by atoms with Gasteiger partial charge in [-0.3, -0.25) is 4.79 Å². The summed E-state index contributed by atoms with van der Waals surface area (Å²) in [6.45, 7) is 1.75. The van der Waals surface area contributed by atoms with Crippen LogP contribution < -0.4 is 15.2 Å². The maximum absolute atomic E-state index is 11.5. The number of hydrogen-bond acceptors (Lipinski definition) is 5. The summed E-state index contributed by atoms with van der Waals surface area (Å²) in [7, 11) is -7.12. The van der Waals surface area contributed by atoms with Crippen LogP contribution in [0.5, 0.6) is 0 Å². The van der Waals surface area contributed by atoms with E-state index in [2.05, 4.69) is 10.0 Å². The fourth-order valence-electron chi connectivity index (χ4n) is 1.77. The lowest BCUT2D eigenvalue weighted by atomic mass is 10.1. The standard InChI is InChI=1S/C13H21N3O5S2/c1-2-9-22(18,19)16-10-13(17)15-8-7-11-3-5-12(6-4-11)23(14,20)21/h3-6,16H,2,7-10H2,1H3,(H,15,17)(H2,14,20,21). The van der Waals surface area contributed by atoms with Crippen LogP contribution in [-0.4, -0.2) is 41.6 Å². The van der Waals surface area contributed by atoms with Crippen molar-refractivity contribution < 1.29 is 21.6 Å². The van der Waals surface area contributed by atoms with E-state index in [1.807, 2.05) is 0 Å². The summed E-state index contributed by atoms with van der Waals surface area (Å²) < 4.78 is 47.2. The van der Waals surface area contributed by atoms with Gasteiger partial charge in [-0.15, -0.1) is 0 Å². The third-order valence-corrected chi connectivity index (χ3v) is 5.37. The molecule has 0 radical (unpaired) electrons. The first kappa shape index (κ1) is 19.6. The lowest BCUT2D eigenvalue weighted by molar-refractivity contribution is -0.119. The van der Waals surface area contributed by atoms with Gasteiger partial charge in [-0.25, -0.2) is 26.7 Å². The first-order chi connectivity index (χ1) is 10.6. The fraction of sp³-hybridized carbons (Fsp3) is 0.462. The summed E-state index contributed by atoms with van der Waals surface area (Å²) in [5.41, 5.74) is 0.823. The normalized spacial score (nSPS) is 12.1. The molecule has 130 valence electrons. The van der Waals surface area contributed by atoms with E-state index >= 15 is 0 Å². The van der Waals surface area contributed by atoms with E-state index in [-0.39, 0.29) is 17.2 Å². The number of nitrogens with one attached hydrogen (secondary N) is 2. The third kappa shape index (κ3) is 7.55. The second kappa shape index (κ2) is 8.39. The first-order valence-electron chi connectivity index (χ1n) is 7.00. The molecule has 1 aromatic rings. The van der Waals surface area contributed by atoms with Crippen molar-refractivity contribution in [1.82, 2.24) is 10.0 Å². The molecule has 0 spiro atoms. The van der Waals surface area contributed by atoms with Gasteiger partial charge < -0.3 is 5.32 Å². The molecule has 10 heteroatoms. The highest BCUT2D eigenvalue weighted by Gasteiger charge is 2.11. The Balaban J connectivity index is 2.38. The second-order valence-corrected chi connectivity index (χ2v) is 8.42. The van der Waals surface area contributed by atoms with Crippen LogP contribution in [0.4, 0.5) is 0 Å². The highest BCUT2D eigenvalue weighted by molar-refractivity contribution is 7.89. The van der Waals surface area contributed by atoms with Crippen molar-refractivity contribution >= 4 is 26.0 Å². The van der Waals surface area contributed by atoms with E-state index < -0.39 is 26.0 Å². The van der Waals surface area contributed by atoms with E-state index in [0.717, 1.165) is 5.56 Å². The van der Waals surface area contributed by atoms with Crippen molar-refractivity contribution in [3.8, 4) is 0 Å². The summed E-state index contributed by atoms with van der Waals surface area (Å²) in [6, 6.07) is 6.00. The van der Waals surface area contributed by atoms with Crippen LogP contribution >= 0.6 is 0 Å². The molecule has 0 aromatic heterocycles. The minimum Gasteiger partial charge on any atom is -0.355 e. The van der Waals surface area contributed by atoms with Gasteiger partial charge in [0.1, 0.15) is 0 Å². The molecule has 0 atom stereocenters. The number of sulfonamides is 2. The van der Waals surface area contributed by atoms with E-state index in [9.17, 15) is 21.6 Å². The molecule has 0 aliphatic carbocycles. The van der Waals surface area contributed by atoms with Gasteiger partial charge >= 0.3 is 0 Å². The molecule has 23 heavy (non-hydrogen) atoms. The molecule has 0 aliphatic rings. The fourth-order valence-corrected chi connectivity index (χ4v) is 3.32. The monoisotopic (exact) mass is 363 g/mol. The molecular formula is C13H21N3O5S2. The number of hydrogen-bond donors (Lipinski definition) is 3. The Labute approximate surface area is 136 Å². The number of amides is 1. The summed E-state index contributed by atoms with van der Waals surface area (Å²) >= 11 is 0. The quantitative estimate of drug-likeness (QED) is 0.534. The van der Waals surface area contributed by atoms with Gasteiger partial charge in [0.05, 0.1) is 17.2 Å². The number of benzene rings is 1. The third-order valence-electron chi connectivity index (χ3n) is 2.91. The maximum Gasteiger partial charge on any atom is 0.238 e. The molecule has 4 N–H and O–H groups in total. The van der Waals surface area contributed by atoms with Gasteiger partial charge in [0, 0.05) is 6.54 Å². The van der Waals surface area contributed by atoms with Gasteiger partial charge in [0.15, 0.2) is 0 Å². The average Bonchev–Trinajstić information content (AvgIpc) is 2.45. The lowest BCUT2D eigenvalue weighted by Crippen LogP contribution is -2.38. The minimum absolute atomic E-state index is 0.0172. The van der Waals surface area contributed by atoms with E-state index in [1.165, 1.54) is 12.1 Å². The Morgan fingerprint density at radius 1 is 1.13 bits per heavy atom. The predicted molar refractivity (Wildman–Crippen MR) is 86.6 cm³/mol. The molecule has 1 amide bonds. The molecule has 0 saturated carbocycles. The molecule has 0 heterocycles. The largest absolute Gasteiger partial charge is 0.355 e. The predicted octanol–water partition coefficient (Wildman–Crippen LogP) is -0.678. The molecule has 0 unspecified atom stereocenters. The molecule has 0 bridgehead atoms. The summed E-state index contributed by atoms with van der Waals surface area (Å²) in [4.78, 5) is 11.6. The molecule has 1 aromatic carbocycles. The zero-order valence-corrected chi connectivity index (χ0v) is 14.4. The van der Waals surface area contributed by atoms with Gasteiger partial charge in [0.2, 0.25) is 26.0 Å². The maximum atomic E-state index is 11.5. The average molecular weight is 363 g/mol. The van der Waals surface area contributed by atoms with Crippen LogP contribution in [0.2, 0.25) is 0 Å². The Morgan fingerprint density at radius 3 is 2.26 bits per heavy atom. The smallest absolute Gasteiger partial charge is 0.238 e. The van der Waals surface area contributed by atoms with Crippen LogP contribution in [0.15, 0.2) is 29.2 Å². The Hall–Kier alpha value is -1.49. The van der Waals surface area contributed by atoms with Crippen molar-refractivity contribution in [2.24, 2.45) is 5.14 Å². The highest BCUT2D eigenvalue weighted by Crippen LogP contribution is 2.08. The Bertz CT molecular complexity index is 727. The minimum atomic E-state index is -3.71. The van der Waals surface area contributed by atoms with E-state index in [4.69, 9.17) is 5.14 Å². The summed E-state index contributed by atoms with van der Waals surface area (Å²) in [6.07, 6.45) is 0.962. The van der Waals surface area contributed by atoms with E-state index in [1.54, 1.807) is 19.1 Å². The Kier molecular flexibility index (Phi) is 7.13. The number of nitrogens with two attached hydrogens (primary N) is 1. The van der Waals surface area contributed by atoms with Gasteiger partial charge in [0.25, 0.3) is 0 Å². The first-order valence-corrected chi connectivity index (χ1v) is 10.2. The van der Waals surface area contributed by atoms with Gasteiger partial charge in [-0.05, 0) is 30.5 Å². The topological polar surface area (TPSA) is 135 Å². The van der Waals surface area contributed by atoms with Gasteiger partial charge in [-0.1, -0.05) is 19.1 Å². The molecule has 0 saturated heterocycles. The van der Waals surface area contributed by atoms with Crippen molar-refractivity contribution in [2.45, 2.75) is 24.7 Å². The zero-order chi connectivity index (χ0) is 17.5. The molecular weight excluding hydrogens is 342 g/mol. The summed E-state index contributed by atoms with van der Waals surface area (Å²) in [5.74, 6) is -0.442. The second-order valence-electron chi connectivity index (χ2n) is 4.93. The van der Waals surface area contributed by atoms with Crippen LogP contribution in [0, 0.1) is 0 Å². The van der Waals surface area contributed by atoms with Crippen molar-refractivity contribution in [3.05, 3.63) is 29.8 Å². The van der Waals surface area contributed by atoms with Crippen molar-refractivity contribution in [2.75, 3.05) is 18.8 Å². The zero-order valence-electron chi connectivity index (χ0n) is 12.8. The molecule has 1 rings (SSSR count). The SMILES string of the molecule is CCCS(=O)(=O)NCC(=O)NCCc1ccc(S(N)(=O)=O)cc1. The molecule has 0 aliphatic heterocycles. The lowest BCUT2D eigenvalue weighted by Gasteiger charge is -2.07. The van der Waals surface area contributed by atoms with E-state index in [0.29, 0.717) is 19.4 Å². The molecule has 8 nitrogen and oxygen atoms in total. The van der Waals surface area contributed by atoms with Crippen molar-refractivity contribution in [1.29, 1.82) is 0 Å². The number of rotatable bonds is 9. The van der Waals surface area contributed by atoms with Crippen LogP contribution in [0.25, 0.3) is 0 Å². The summed E-state index contributed by atoms with van der Waals surface area (Å²) in [5, 5.41) is 7.58. The van der Waals surface area contributed by atoms with Crippen LogP contribution in [0.1, 0.15) is 18.9 Å². The highest BCUT2D eigenvalue weighted by atomic mass is 32.2. The Morgan fingerprint density at radius 2 is 1.74 bits per heavy atom. The number of primary sulfonamides is 1. The number of carbonyl (C=O) groups excluding carboxylic acids is 1. The van der Waals surface area contributed by atoms with Crippen molar-refractivity contribution in [3.63, 3.8) is 0 Å². The van der Waals surface area contributed by atoms with Crippen LogP contribution in [-0.2, 0) is 31.3 Å². The van der Waals surface area contributed by atoms with Gasteiger partial charge in [-0.2, -0.15) is 0 Å². The molecule has 0 fully saturated rings.